The number of halogens is 3. The monoisotopic (exact) mass is 464 g/mol. The van der Waals surface area contributed by atoms with Crippen molar-refractivity contribution in [2.24, 2.45) is 0 Å². The Balaban J connectivity index is 1.79. The standard InChI is InChI=1S/C22H23F3N4O4/c1-21(2,3)33-20(31)27-17(12-30)19-29-28-18(32-19)15-6-4-5-7-16(15)26-14-10-8-13(9-11-14)22(23,24)25/h4-11,17,26,30H,12H2,1-3H3,(H,27,31). The second-order valence-electron chi connectivity index (χ2n) is 8.07. The molecule has 0 saturated carbocycles. The molecule has 0 radical (unpaired) electrons. The number of nitrogens with one attached hydrogen (secondary N) is 2. The van der Waals surface area contributed by atoms with E-state index in [2.05, 4.69) is 20.8 Å². The van der Waals surface area contributed by atoms with Crippen molar-refractivity contribution in [3.63, 3.8) is 0 Å². The lowest BCUT2D eigenvalue weighted by atomic mass is 10.1. The molecule has 2 aromatic carbocycles. The topological polar surface area (TPSA) is 110 Å². The lowest BCUT2D eigenvalue weighted by Gasteiger charge is -2.21. The number of benzene rings is 2. The van der Waals surface area contributed by atoms with E-state index in [1.165, 1.54) is 12.1 Å². The third-order valence-electron chi connectivity index (χ3n) is 4.26. The quantitative estimate of drug-likeness (QED) is 0.468. The zero-order valence-corrected chi connectivity index (χ0v) is 18.1. The first kappa shape index (κ1) is 24.1. The van der Waals surface area contributed by atoms with Crippen LogP contribution < -0.4 is 10.6 Å². The smallest absolute Gasteiger partial charge is 0.416 e. The Hall–Kier alpha value is -3.60. The average Bonchev–Trinajstić information content (AvgIpc) is 3.21. The van der Waals surface area contributed by atoms with Crippen molar-refractivity contribution in [2.45, 2.75) is 38.6 Å². The number of para-hydroxylation sites is 1. The van der Waals surface area contributed by atoms with E-state index in [1.807, 2.05) is 0 Å². The highest BCUT2D eigenvalue weighted by Crippen LogP contribution is 2.33. The van der Waals surface area contributed by atoms with Crippen LogP contribution in [0.25, 0.3) is 11.5 Å². The number of alkyl carbamates (subject to hydrolysis) is 1. The number of hydrogen-bond acceptors (Lipinski definition) is 7. The summed E-state index contributed by atoms with van der Waals surface area (Å²) < 4.78 is 49.2. The van der Waals surface area contributed by atoms with Gasteiger partial charge in [-0.3, -0.25) is 0 Å². The molecule has 3 N–H and O–H groups in total. The van der Waals surface area contributed by atoms with Crippen LogP contribution in [0.1, 0.15) is 38.3 Å². The van der Waals surface area contributed by atoms with Gasteiger partial charge in [-0.15, -0.1) is 10.2 Å². The molecule has 33 heavy (non-hydrogen) atoms. The largest absolute Gasteiger partial charge is 0.444 e. The molecule has 1 atom stereocenters. The van der Waals surface area contributed by atoms with Gasteiger partial charge in [-0.1, -0.05) is 12.1 Å². The van der Waals surface area contributed by atoms with Crippen molar-refractivity contribution in [3.05, 3.63) is 60.0 Å². The maximum absolute atomic E-state index is 12.8. The normalized spacial score (nSPS) is 12.8. The molecular weight excluding hydrogens is 441 g/mol. The minimum atomic E-state index is -4.42. The minimum absolute atomic E-state index is 0.0392. The van der Waals surface area contributed by atoms with Gasteiger partial charge in [0.05, 0.1) is 23.4 Å². The molecule has 176 valence electrons. The van der Waals surface area contributed by atoms with Crippen LogP contribution in [0.4, 0.5) is 29.3 Å². The van der Waals surface area contributed by atoms with Gasteiger partial charge < -0.3 is 24.9 Å². The van der Waals surface area contributed by atoms with E-state index in [9.17, 15) is 23.1 Å². The van der Waals surface area contributed by atoms with Gasteiger partial charge in [0.25, 0.3) is 0 Å². The Morgan fingerprint density at radius 1 is 1.09 bits per heavy atom. The molecule has 11 heteroatoms. The molecule has 3 rings (SSSR count). The molecule has 0 aliphatic carbocycles. The van der Waals surface area contributed by atoms with E-state index < -0.39 is 36.1 Å². The van der Waals surface area contributed by atoms with Crippen LogP contribution in [0, 0.1) is 0 Å². The first-order valence-corrected chi connectivity index (χ1v) is 9.94. The number of aromatic nitrogens is 2. The third kappa shape index (κ3) is 6.45. The summed E-state index contributed by atoms with van der Waals surface area (Å²) in [5, 5.41) is 23.0. The molecule has 0 aliphatic heterocycles. The lowest BCUT2D eigenvalue weighted by Crippen LogP contribution is -2.36. The fourth-order valence-corrected chi connectivity index (χ4v) is 2.80. The van der Waals surface area contributed by atoms with E-state index in [0.717, 1.165) is 12.1 Å². The molecule has 1 unspecified atom stereocenters. The second kappa shape index (κ2) is 9.49. The Kier molecular flexibility index (Phi) is 6.92. The number of amides is 1. The van der Waals surface area contributed by atoms with Gasteiger partial charge in [0.15, 0.2) is 0 Å². The first-order chi connectivity index (χ1) is 15.5. The van der Waals surface area contributed by atoms with E-state index in [4.69, 9.17) is 9.15 Å². The van der Waals surface area contributed by atoms with E-state index in [1.54, 1.807) is 45.0 Å². The van der Waals surface area contributed by atoms with Crippen LogP contribution in [0.3, 0.4) is 0 Å². The van der Waals surface area contributed by atoms with Gasteiger partial charge in [-0.2, -0.15) is 13.2 Å². The molecule has 1 amide bonds. The Labute approximate surface area is 187 Å². The Morgan fingerprint density at radius 2 is 1.76 bits per heavy atom. The number of anilines is 2. The molecule has 0 bridgehead atoms. The Bertz CT molecular complexity index is 1090. The zero-order valence-electron chi connectivity index (χ0n) is 18.1. The number of carbonyl (C=O) groups is 1. The lowest BCUT2D eigenvalue weighted by molar-refractivity contribution is -0.137. The number of nitrogens with zero attached hydrogens (tertiary/aromatic N) is 2. The highest BCUT2D eigenvalue weighted by Gasteiger charge is 2.30. The molecule has 0 spiro atoms. The predicted octanol–water partition coefficient (Wildman–Crippen LogP) is 5.06. The highest BCUT2D eigenvalue weighted by atomic mass is 19.4. The van der Waals surface area contributed by atoms with Crippen molar-refractivity contribution in [1.82, 2.24) is 15.5 Å². The molecular formula is C22H23F3N4O4. The summed E-state index contributed by atoms with van der Waals surface area (Å²) in [6.07, 6.45) is -5.18. The number of alkyl halides is 3. The van der Waals surface area contributed by atoms with Crippen molar-refractivity contribution >= 4 is 17.5 Å². The van der Waals surface area contributed by atoms with Gasteiger partial charge in [0.2, 0.25) is 11.8 Å². The van der Waals surface area contributed by atoms with Gasteiger partial charge in [0.1, 0.15) is 11.6 Å². The van der Waals surface area contributed by atoms with Gasteiger partial charge in [0, 0.05) is 5.69 Å². The van der Waals surface area contributed by atoms with Gasteiger partial charge >= 0.3 is 12.3 Å². The third-order valence-corrected chi connectivity index (χ3v) is 4.26. The predicted molar refractivity (Wildman–Crippen MR) is 114 cm³/mol. The van der Waals surface area contributed by atoms with Gasteiger partial charge in [-0.25, -0.2) is 4.79 Å². The van der Waals surface area contributed by atoms with Crippen LogP contribution in [0.5, 0.6) is 0 Å². The van der Waals surface area contributed by atoms with Crippen LogP contribution in [0.15, 0.2) is 52.9 Å². The van der Waals surface area contributed by atoms with Crippen LogP contribution in [0.2, 0.25) is 0 Å². The van der Waals surface area contributed by atoms with E-state index in [0.29, 0.717) is 16.9 Å². The molecule has 1 aromatic heterocycles. The zero-order chi connectivity index (χ0) is 24.2. The maximum atomic E-state index is 12.8. The molecule has 0 aliphatic rings. The number of aliphatic hydroxyl groups is 1. The number of hydrogen-bond donors (Lipinski definition) is 3. The summed E-state index contributed by atoms with van der Waals surface area (Å²) in [7, 11) is 0. The van der Waals surface area contributed by atoms with Crippen LogP contribution in [-0.2, 0) is 10.9 Å². The molecule has 1 heterocycles. The number of aliphatic hydroxyl groups excluding tert-OH is 1. The van der Waals surface area contributed by atoms with Gasteiger partial charge in [-0.05, 0) is 57.2 Å². The molecule has 0 fully saturated rings. The number of carbonyl (C=O) groups excluding carboxylic acids is 1. The van der Waals surface area contributed by atoms with Crippen LogP contribution >= 0.6 is 0 Å². The van der Waals surface area contributed by atoms with Crippen molar-refractivity contribution in [2.75, 3.05) is 11.9 Å². The molecule has 3 aromatic rings. The highest BCUT2D eigenvalue weighted by molar-refractivity contribution is 5.76. The fourth-order valence-electron chi connectivity index (χ4n) is 2.80. The summed E-state index contributed by atoms with van der Waals surface area (Å²) in [6.45, 7) is 4.59. The number of ether oxygens (including phenoxy) is 1. The van der Waals surface area contributed by atoms with E-state index >= 15 is 0 Å². The average molecular weight is 464 g/mol. The second-order valence-corrected chi connectivity index (χ2v) is 8.07. The minimum Gasteiger partial charge on any atom is -0.444 e. The molecule has 8 nitrogen and oxygen atoms in total. The fraction of sp³-hybridized carbons (Fsp3) is 0.318. The summed E-state index contributed by atoms with van der Waals surface area (Å²) in [5.74, 6) is 0.0483. The van der Waals surface area contributed by atoms with E-state index in [-0.39, 0.29) is 11.8 Å². The SMILES string of the molecule is CC(C)(C)OC(=O)NC(CO)c1nnc(-c2ccccc2Nc2ccc(C(F)(F)F)cc2)o1. The summed E-state index contributed by atoms with van der Waals surface area (Å²) >= 11 is 0. The summed E-state index contributed by atoms with van der Waals surface area (Å²) in [5.41, 5.74) is -0.0730. The summed E-state index contributed by atoms with van der Waals surface area (Å²) in [4.78, 5) is 12.0. The Morgan fingerprint density at radius 3 is 2.36 bits per heavy atom. The van der Waals surface area contributed by atoms with Crippen molar-refractivity contribution in [3.8, 4) is 11.5 Å². The van der Waals surface area contributed by atoms with Crippen molar-refractivity contribution < 1.29 is 32.2 Å². The maximum Gasteiger partial charge on any atom is 0.416 e. The first-order valence-electron chi connectivity index (χ1n) is 9.94. The van der Waals surface area contributed by atoms with Crippen molar-refractivity contribution in [1.29, 1.82) is 0 Å². The number of rotatable bonds is 6. The van der Waals surface area contributed by atoms with Crippen LogP contribution in [-0.4, -0.2) is 33.6 Å². The molecule has 0 saturated heterocycles. The summed E-state index contributed by atoms with van der Waals surface area (Å²) in [6, 6.07) is 10.4.